The highest BCUT2D eigenvalue weighted by Crippen LogP contribution is 2.25. The van der Waals surface area contributed by atoms with E-state index >= 15 is 0 Å². The average Bonchev–Trinajstić information content (AvgIpc) is 3.26. The zero-order chi connectivity index (χ0) is 19.8. The monoisotopic (exact) mass is 385 g/mol. The zero-order valence-corrected chi connectivity index (χ0v) is 15.7. The molecule has 0 amide bonds. The molecule has 0 aliphatic carbocycles. The van der Waals surface area contributed by atoms with Gasteiger partial charge in [0.15, 0.2) is 17.9 Å². The van der Waals surface area contributed by atoms with Crippen LogP contribution in [0.3, 0.4) is 0 Å². The third kappa shape index (κ3) is 3.48. The topological polar surface area (TPSA) is 98.1 Å². The van der Waals surface area contributed by atoms with Crippen molar-refractivity contribution in [3.8, 4) is 11.3 Å². The van der Waals surface area contributed by atoms with Crippen molar-refractivity contribution in [2.75, 3.05) is 18.0 Å². The maximum atomic E-state index is 12.8. The Morgan fingerprint density at radius 3 is 2.79 bits per heavy atom. The highest BCUT2D eigenvalue weighted by Gasteiger charge is 2.24. The van der Waals surface area contributed by atoms with E-state index < -0.39 is 0 Å². The number of hydrogen-bond donors (Lipinski definition) is 1. The zero-order valence-electron chi connectivity index (χ0n) is 15.7. The van der Waals surface area contributed by atoms with Crippen LogP contribution < -0.4 is 10.6 Å². The summed E-state index contributed by atoms with van der Waals surface area (Å²) in [5.41, 5.74) is 8.13. The van der Waals surface area contributed by atoms with Crippen molar-refractivity contribution in [2.24, 2.45) is 5.73 Å². The lowest BCUT2D eigenvalue weighted by Crippen LogP contribution is -2.56. The van der Waals surface area contributed by atoms with Gasteiger partial charge in [0.25, 0.3) is 0 Å². The predicted molar refractivity (Wildman–Crippen MR) is 110 cm³/mol. The van der Waals surface area contributed by atoms with Gasteiger partial charge in [-0.15, -0.1) is 0 Å². The number of oxazole rings is 1. The van der Waals surface area contributed by atoms with Crippen molar-refractivity contribution in [2.45, 2.75) is 12.5 Å². The molecule has 29 heavy (non-hydrogen) atoms. The molecule has 0 saturated carbocycles. The summed E-state index contributed by atoms with van der Waals surface area (Å²) in [6.45, 7) is 1.54. The van der Waals surface area contributed by atoms with Gasteiger partial charge in [0.1, 0.15) is 5.82 Å². The van der Waals surface area contributed by atoms with Crippen molar-refractivity contribution >= 4 is 22.4 Å². The second kappa shape index (κ2) is 7.10. The van der Waals surface area contributed by atoms with Crippen LogP contribution in [0.1, 0.15) is 16.1 Å². The highest BCUT2D eigenvalue weighted by atomic mass is 16.3. The predicted octanol–water partition coefficient (Wildman–Crippen LogP) is 2.86. The number of Topliss-reactive ketones (excluding diaryl/α,β-unsaturated/α-hetero) is 1. The summed E-state index contributed by atoms with van der Waals surface area (Å²) in [7, 11) is 0. The van der Waals surface area contributed by atoms with Gasteiger partial charge in [0.2, 0.25) is 0 Å². The van der Waals surface area contributed by atoms with Gasteiger partial charge in [-0.3, -0.25) is 9.78 Å². The van der Waals surface area contributed by atoms with Gasteiger partial charge in [-0.2, -0.15) is 0 Å². The fourth-order valence-electron chi connectivity index (χ4n) is 3.53. The van der Waals surface area contributed by atoms with Crippen LogP contribution in [0.2, 0.25) is 0 Å². The molecule has 2 N–H and O–H groups in total. The molecule has 1 fully saturated rings. The molecule has 7 heteroatoms. The number of pyridine rings is 2. The molecule has 0 spiro atoms. The largest absolute Gasteiger partial charge is 0.444 e. The van der Waals surface area contributed by atoms with Crippen LogP contribution >= 0.6 is 0 Å². The van der Waals surface area contributed by atoms with Crippen LogP contribution in [-0.2, 0) is 6.42 Å². The number of hydrogen-bond acceptors (Lipinski definition) is 7. The summed E-state index contributed by atoms with van der Waals surface area (Å²) in [4.78, 5) is 27.7. The quantitative estimate of drug-likeness (QED) is 0.528. The number of nitrogens with two attached hydrogens (primary N) is 1. The van der Waals surface area contributed by atoms with E-state index in [1.807, 2.05) is 30.3 Å². The van der Waals surface area contributed by atoms with Gasteiger partial charge >= 0.3 is 0 Å². The minimum Gasteiger partial charge on any atom is -0.444 e. The van der Waals surface area contributed by atoms with Gasteiger partial charge in [-0.25, -0.2) is 9.97 Å². The number of aromatic nitrogens is 3. The Labute approximate surface area is 167 Å². The van der Waals surface area contributed by atoms with Crippen LogP contribution in [0.5, 0.6) is 0 Å². The highest BCUT2D eigenvalue weighted by molar-refractivity contribution is 5.98. The molecule has 1 saturated heterocycles. The fourth-order valence-corrected chi connectivity index (χ4v) is 3.53. The third-order valence-corrected chi connectivity index (χ3v) is 5.14. The van der Waals surface area contributed by atoms with Crippen molar-refractivity contribution < 1.29 is 9.21 Å². The molecule has 4 heterocycles. The maximum Gasteiger partial charge on any atom is 0.181 e. The van der Waals surface area contributed by atoms with Gasteiger partial charge < -0.3 is 15.1 Å². The SMILES string of the molecule is NC1CN(c2cc(C(=O)Cc3cc4cc(-c5cnco5)ccc4cn3)ccn2)C1. The molecule has 7 nitrogen and oxygen atoms in total. The Balaban J connectivity index is 1.38. The first-order valence-electron chi connectivity index (χ1n) is 9.43. The second-order valence-corrected chi connectivity index (χ2v) is 7.27. The molecule has 1 aromatic carbocycles. The molecule has 5 rings (SSSR count). The van der Waals surface area contributed by atoms with Crippen LogP contribution in [0, 0.1) is 0 Å². The van der Waals surface area contributed by atoms with Crippen molar-refractivity contribution in [1.82, 2.24) is 15.0 Å². The van der Waals surface area contributed by atoms with E-state index in [0.29, 0.717) is 11.3 Å². The molecular weight excluding hydrogens is 366 g/mol. The molecule has 144 valence electrons. The van der Waals surface area contributed by atoms with E-state index in [4.69, 9.17) is 10.2 Å². The number of fused-ring (bicyclic) bond motifs is 1. The summed E-state index contributed by atoms with van der Waals surface area (Å²) in [5.74, 6) is 1.51. The number of anilines is 1. The van der Waals surface area contributed by atoms with E-state index in [2.05, 4.69) is 19.9 Å². The molecule has 3 aromatic heterocycles. The Hall–Kier alpha value is -3.58. The standard InChI is InChI=1S/C22H19N5O2/c23-18-11-27(12-18)22-7-14(3-4-25-22)20(28)8-19-6-17-5-15(21-10-24-13-29-21)1-2-16(17)9-26-19/h1-7,9-10,13,18H,8,11-12,23H2. The summed E-state index contributed by atoms with van der Waals surface area (Å²) in [6.07, 6.45) is 6.78. The molecule has 0 atom stereocenters. The molecule has 0 bridgehead atoms. The van der Waals surface area contributed by atoms with Crippen molar-refractivity contribution in [1.29, 1.82) is 0 Å². The van der Waals surface area contributed by atoms with E-state index in [0.717, 1.165) is 40.9 Å². The number of carbonyl (C=O) groups excluding carboxylic acids is 1. The van der Waals surface area contributed by atoms with Crippen LogP contribution in [0.25, 0.3) is 22.1 Å². The van der Waals surface area contributed by atoms with Crippen molar-refractivity contribution in [3.05, 3.63) is 72.6 Å². The average molecular weight is 385 g/mol. The Morgan fingerprint density at radius 2 is 2.00 bits per heavy atom. The molecule has 4 aromatic rings. The molecule has 0 unspecified atom stereocenters. The first kappa shape index (κ1) is 17.5. The normalized spacial score (nSPS) is 14.2. The number of carbonyl (C=O) groups is 1. The minimum atomic E-state index is 0.0108. The molecule has 1 aliphatic rings. The number of rotatable bonds is 5. The summed E-state index contributed by atoms with van der Waals surface area (Å²) < 4.78 is 5.37. The number of benzene rings is 1. The lowest BCUT2D eigenvalue weighted by molar-refractivity contribution is 0.0992. The van der Waals surface area contributed by atoms with Crippen LogP contribution in [-0.4, -0.2) is 39.9 Å². The first-order chi connectivity index (χ1) is 14.2. The van der Waals surface area contributed by atoms with Gasteiger partial charge in [0, 0.05) is 53.7 Å². The van der Waals surface area contributed by atoms with Crippen LogP contribution in [0.4, 0.5) is 5.82 Å². The van der Waals surface area contributed by atoms with Crippen LogP contribution in [0.15, 0.2) is 65.8 Å². The maximum absolute atomic E-state index is 12.8. The third-order valence-electron chi connectivity index (χ3n) is 5.14. The molecular formula is C22H19N5O2. The Kier molecular flexibility index (Phi) is 4.29. The van der Waals surface area contributed by atoms with E-state index in [-0.39, 0.29) is 18.2 Å². The van der Waals surface area contributed by atoms with E-state index in [1.54, 1.807) is 24.7 Å². The van der Waals surface area contributed by atoms with Gasteiger partial charge in [-0.1, -0.05) is 12.1 Å². The Morgan fingerprint density at radius 1 is 1.10 bits per heavy atom. The van der Waals surface area contributed by atoms with Gasteiger partial charge in [-0.05, 0) is 29.7 Å². The second-order valence-electron chi connectivity index (χ2n) is 7.27. The Bertz CT molecular complexity index is 1180. The lowest BCUT2D eigenvalue weighted by Gasteiger charge is -2.37. The fraction of sp³-hybridized carbons (Fsp3) is 0.182. The summed E-state index contributed by atoms with van der Waals surface area (Å²) in [6, 6.07) is 11.7. The molecule has 1 aliphatic heterocycles. The smallest absolute Gasteiger partial charge is 0.181 e. The summed E-state index contributed by atoms with van der Waals surface area (Å²) >= 11 is 0. The van der Waals surface area contributed by atoms with E-state index in [9.17, 15) is 4.79 Å². The van der Waals surface area contributed by atoms with E-state index in [1.165, 1.54) is 6.39 Å². The summed E-state index contributed by atoms with van der Waals surface area (Å²) in [5, 5.41) is 2.01. The number of nitrogens with zero attached hydrogens (tertiary/aromatic N) is 4. The van der Waals surface area contributed by atoms with Gasteiger partial charge in [0.05, 0.1) is 12.6 Å². The van der Waals surface area contributed by atoms with Crippen molar-refractivity contribution in [3.63, 3.8) is 0 Å². The minimum absolute atomic E-state index is 0.0108. The number of ketones is 1. The molecule has 0 radical (unpaired) electrons. The first-order valence-corrected chi connectivity index (χ1v) is 9.43. The lowest BCUT2D eigenvalue weighted by atomic mass is 10.0.